The number of halogens is 1. The summed E-state index contributed by atoms with van der Waals surface area (Å²) in [6, 6.07) is 24.6. The topological polar surface area (TPSA) is 138 Å². The van der Waals surface area contributed by atoms with E-state index in [0.717, 1.165) is 11.0 Å². The van der Waals surface area contributed by atoms with Crippen molar-refractivity contribution in [1.82, 2.24) is 0 Å². The Kier molecular flexibility index (Phi) is 14.1. The summed E-state index contributed by atoms with van der Waals surface area (Å²) in [7, 11) is 0. The molecule has 3 aromatic carbocycles. The lowest BCUT2D eigenvalue weighted by Crippen LogP contribution is -2.37. The molecule has 1 unspecified atom stereocenters. The highest BCUT2D eigenvalue weighted by Gasteiger charge is 2.29. The molecule has 0 amide bonds. The third kappa shape index (κ3) is 13.3. The van der Waals surface area contributed by atoms with Crippen molar-refractivity contribution < 1.29 is 39.2 Å². The van der Waals surface area contributed by atoms with E-state index in [4.69, 9.17) is 31.7 Å². The zero-order valence-electron chi connectivity index (χ0n) is 21.5. The molecule has 0 heterocycles. The summed E-state index contributed by atoms with van der Waals surface area (Å²) in [5.41, 5.74) is -0.786. The first-order valence-electron chi connectivity index (χ1n) is 11.4. The summed E-state index contributed by atoms with van der Waals surface area (Å²) in [6.07, 6.45) is 1.12. The van der Waals surface area contributed by atoms with Crippen LogP contribution in [0.25, 0.3) is 0 Å². The average molecular weight is 573 g/mol. The van der Waals surface area contributed by atoms with Crippen molar-refractivity contribution in [3.63, 3.8) is 0 Å². The number of aliphatic carboxylic acids is 3. The Labute approximate surface area is 235 Å². The Morgan fingerprint density at radius 3 is 1.82 bits per heavy atom. The Morgan fingerprint density at radius 1 is 0.846 bits per heavy atom. The van der Waals surface area contributed by atoms with Gasteiger partial charge in [0.2, 0.25) is 0 Å². The number of carboxylic acids is 3. The monoisotopic (exact) mass is 572 g/mol. The van der Waals surface area contributed by atoms with Gasteiger partial charge in [-0.3, -0.25) is 9.59 Å². The number of carboxylic acid groups (broad SMARTS) is 3. The molecule has 0 saturated heterocycles. The molecule has 10 heteroatoms. The van der Waals surface area contributed by atoms with Gasteiger partial charge in [-0.2, -0.15) is 0 Å². The van der Waals surface area contributed by atoms with Gasteiger partial charge in [-0.1, -0.05) is 71.9 Å². The number of ether oxygens (including phenoxy) is 1. The molecule has 3 rings (SSSR count). The second kappa shape index (κ2) is 16.7. The van der Waals surface area contributed by atoms with Crippen molar-refractivity contribution >= 4 is 47.1 Å². The minimum atomic E-state index is -1.23. The molecule has 206 valence electrons. The smallest absolute Gasteiger partial charge is 0.347 e. The van der Waals surface area contributed by atoms with Crippen LogP contribution in [-0.4, -0.2) is 44.6 Å². The molecular weight excluding hydrogens is 544 g/mol. The average Bonchev–Trinajstić information content (AvgIpc) is 2.90. The predicted octanol–water partition coefficient (Wildman–Crippen LogP) is 6.55. The van der Waals surface area contributed by atoms with Crippen LogP contribution in [0.15, 0.2) is 101 Å². The molecule has 0 bridgehead atoms. The first-order valence-corrected chi connectivity index (χ1v) is 12.7. The summed E-state index contributed by atoms with van der Waals surface area (Å²) in [5.74, 6) is -3.85. The molecule has 1 atom stereocenters. The van der Waals surface area contributed by atoms with E-state index in [9.17, 15) is 19.2 Å². The van der Waals surface area contributed by atoms with Crippen LogP contribution in [0.4, 0.5) is 0 Å². The van der Waals surface area contributed by atoms with Gasteiger partial charge >= 0.3 is 17.9 Å². The lowest BCUT2D eigenvalue weighted by Gasteiger charge is -2.21. The SMILES string of the molecule is CC(C(=O)O)C(=O)c1ccccc1.CC(C)(Oc1ccc(Cl)cc1)C(=O)O.O=C(O)C=CSc1ccccc1. The number of thioether (sulfide) groups is 1. The molecular formula is C29H29ClO8S. The van der Waals surface area contributed by atoms with E-state index in [2.05, 4.69) is 0 Å². The molecule has 3 aromatic rings. The van der Waals surface area contributed by atoms with Gasteiger partial charge in [-0.25, -0.2) is 9.59 Å². The Hall–Kier alpha value is -4.08. The zero-order chi connectivity index (χ0) is 29.4. The fraction of sp³-hybridized carbons (Fsp3) is 0.172. The molecule has 0 aliphatic rings. The van der Waals surface area contributed by atoms with Crippen molar-refractivity contribution in [3.8, 4) is 5.75 Å². The largest absolute Gasteiger partial charge is 0.481 e. The van der Waals surface area contributed by atoms with Crippen LogP contribution in [0.3, 0.4) is 0 Å². The van der Waals surface area contributed by atoms with E-state index in [1.165, 1.54) is 32.5 Å². The molecule has 0 fully saturated rings. The van der Waals surface area contributed by atoms with Crippen LogP contribution in [0, 0.1) is 5.92 Å². The highest BCUT2D eigenvalue weighted by Crippen LogP contribution is 2.21. The van der Waals surface area contributed by atoms with Crippen LogP contribution in [-0.2, 0) is 14.4 Å². The number of Topliss-reactive ketones (excluding diaryl/α,β-unsaturated/α-hetero) is 1. The van der Waals surface area contributed by atoms with E-state index in [-0.39, 0.29) is 5.78 Å². The summed E-state index contributed by atoms with van der Waals surface area (Å²) >= 11 is 7.06. The second-order valence-electron chi connectivity index (χ2n) is 8.23. The van der Waals surface area contributed by atoms with Crippen LogP contribution in [0.5, 0.6) is 5.75 Å². The Bertz CT molecular complexity index is 1240. The first-order chi connectivity index (χ1) is 18.3. The molecule has 39 heavy (non-hydrogen) atoms. The van der Waals surface area contributed by atoms with Gasteiger partial charge in [0.05, 0.1) is 0 Å². The van der Waals surface area contributed by atoms with E-state index in [1.54, 1.807) is 60.0 Å². The van der Waals surface area contributed by atoms with Gasteiger partial charge in [0.1, 0.15) is 11.7 Å². The number of rotatable bonds is 9. The Balaban J connectivity index is 0.000000293. The highest BCUT2D eigenvalue weighted by atomic mass is 35.5. The highest BCUT2D eigenvalue weighted by molar-refractivity contribution is 8.02. The molecule has 0 radical (unpaired) electrons. The fourth-order valence-corrected chi connectivity index (χ4v) is 3.26. The molecule has 3 N–H and O–H groups in total. The molecule has 0 saturated carbocycles. The third-order valence-corrected chi connectivity index (χ3v) is 5.75. The first kappa shape index (κ1) is 32.9. The number of hydrogen-bond acceptors (Lipinski definition) is 6. The molecule has 0 aliphatic heterocycles. The maximum atomic E-state index is 11.4. The molecule has 0 spiro atoms. The summed E-state index contributed by atoms with van der Waals surface area (Å²) in [5, 5.41) is 27.8. The number of carbonyl (C=O) groups excluding carboxylic acids is 1. The number of ketones is 1. The molecule has 0 aromatic heterocycles. The van der Waals surface area contributed by atoms with Crippen molar-refractivity contribution in [2.75, 3.05) is 0 Å². The molecule has 8 nitrogen and oxygen atoms in total. The van der Waals surface area contributed by atoms with E-state index < -0.39 is 29.4 Å². The van der Waals surface area contributed by atoms with Crippen LogP contribution in [0.1, 0.15) is 31.1 Å². The standard InChI is InChI=1S/C10H11ClO3.C10H10O3.C9H8O2S/c1-10(2,9(12)13)14-8-5-3-7(11)4-6-8;1-7(10(12)13)9(11)8-5-3-2-4-6-8;10-9(11)6-7-12-8-4-2-1-3-5-8/h3-6H,1-2H3,(H,12,13);2-7H,1H3,(H,12,13);1-7H,(H,10,11). The van der Waals surface area contributed by atoms with Crippen LogP contribution in [0.2, 0.25) is 5.02 Å². The molecule has 0 aliphatic carbocycles. The summed E-state index contributed by atoms with van der Waals surface area (Å²) < 4.78 is 5.26. The number of hydrogen-bond donors (Lipinski definition) is 3. The van der Waals surface area contributed by atoms with Gasteiger partial charge in [-0.05, 0) is 62.6 Å². The van der Waals surface area contributed by atoms with Crippen LogP contribution >= 0.6 is 23.4 Å². The minimum Gasteiger partial charge on any atom is -0.481 e. The van der Waals surface area contributed by atoms with Crippen molar-refractivity contribution in [2.24, 2.45) is 5.92 Å². The number of carbonyl (C=O) groups is 4. The van der Waals surface area contributed by atoms with Crippen LogP contribution < -0.4 is 4.74 Å². The van der Waals surface area contributed by atoms with Gasteiger partial charge in [0.15, 0.2) is 11.4 Å². The van der Waals surface area contributed by atoms with Crippen molar-refractivity contribution in [3.05, 3.63) is 107 Å². The van der Waals surface area contributed by atoms with Gasteiger partial charge in [-0.15, -0.1) is 0 Å². The minimum absolute atomic E-state index is 0.354. The van der Waals surface area contributed by atoms with Gasteiger partial charge < -0.3 is 20.1 Å². The van der Waals surface area contributed by atoms with Crippen molar-refractivity contribution in [2.45, 2.75) is 31.3 Å². The summed E-state index contributed by atoms with van der Waals surface area (Å²) in [6.45, 7) is 4.37. The maximum Gasteiger partial charge on any atom is 0.347 e. The lowest BCUT2D eigenvalue weighted by atomic mass is 10.00. The van der Waals surface area contributed by atoms with E-state index in [1.807, 2.05) is 30.3 Å². The maximum absolute atomic E-state index is 11.4. The fourth-order valence-electron chi connectivity index (χ4n) is 2.48. The zero-order valence-corrected chi connectivity index (χ0v) is 23.1. The summed E-state index contributed by atoms with van der Waals surface area (Å²) in [4.78, 5) is 43.8. The van der Waals surface area contributed by atoms with Gasteiger partial charge in [0, 0.05) is 21.6 Å². The quantitative estimate of drug-likeness (QED) is 0.113. The predicted molar refractivity (Wildman–Crippen MR) is 150 cm³/mol. The Morgan fingerprint density at radius 2 is 1.36 bits per heavy atom. The lowest BCUT2D eigenvalue weighted by molar-refractivity contribution is -0.152. The van der Waals surface area contributed by atoms with Gasteiger partial charge in [0.25, 0.3) is 0 Å². The van der Waals surface area contributed by atoms with E-state index >= 15 is 0 Å². The third-order valence-electron chi connectivity index (χ3n) is 4.68. The van der Waals surface area contributed by atoms with E-state index in [0.29, 0.717) is 16.3 Å². The normalized spacial score (nSPS) is 11.2. The second-order valence-corrected chi connectivity index (χ2v) is 9.65. The van der Waals surface area contributed by atoms with Crippen molar-refractivity contribution in [1.29, 1.82) is 0 Å². The number of benzene rings is 3.